The van der Waals surface area contributed by atoms with Gasteiger partial charge in [-0.05, 0) is 122 Å². The number of rotatable bonds is 4. The van der Waals surface area contributed by atoms with Crippen LogP contribution in [0.25, 0.3) is 0 Å². The van der Waals surface area contributed by atoms with Gasteiger partial charge in [-0.2, -0.15) is 0 Å². The molecule has 7 rings (SSSR count). The highest BCUT2D eigenvalue weighted by molar-refractivity contribution is 7.80. The van der Waals surface area contributed by atoms with Crippen LogP contribution in [0, 0.1) is 0 Å². The number of aliphatic imine (C=N–C) groups is 1. The Morgan fingerprint density at radius 3 is 1.45 bits per heavy atom. The Balaban J connectivity index is 1.57. The van der Waals surface area contributed by atoms with E-state index in [0.717, 1.165) is 38.1 Å². The fraction of sp³-hybridized carbons (Fsp3) is 0.479. The van der Waals surface area contributed by atoms with Crippen molar-refractivity contribution in [2.45, 2.75) is 136 Å². The van der Waals surface area contributed by atoms with E-state index in [1.54, 1.807) is 5.56 Å². The van der Waals surface area contributed by atoms with Gasteiger partial charge in [0, 0.05) is 11.0 Å². The van der Waals surface area contributed by atoms with Crippen molar-refractivity contribution in [3.8, 4) is 0 Å². The van der Waals surface area contributed by atoms with Crippen molar-refractivity contribution in [3.05, 3.63) is 123 Å². The highest BCUT2D eigenvalue weighted by atomic mass is 31.1. The standard InChI is InChI=1S/C48H60NOP/c1-44(2,3)33-25-34(45(4,5)6)28-37(27-33)51(38-29-35(46(7,8)9)26-36(30-38)47(10,11)12)40-18-14-16-32-20-22-48(42(32)40)21-19-31-15-13-17-39(41(31)48)43-49-23-24-50-43/h13-18,25-30H,19-24H2,1-12H3. The molecule has 0 aromatic heterocycles. The van der Waals surface area contributed by atoms with Gasteiger partial charge in [0.1, 0.15) is 6.61 Å². The monoisotopic (exact) mass is 697 g/mol. The number of fused-ring (bicyclic) bond motifs is 4. The van der Waals surface area contributed by atoms with Crippen molar-refractivity contribution in [3.63, 3.8) is 0 Å². The number of hydrogen-bond acceptors (Lipinski definition) is 2. The molecule has 4 aromatic carbocycles. The van der Waals surface area contributed by atoms with Crippen LogP contribution in [0.5, 0.6) is 0 Å². The molecular formula is C48H60NOP. The van der Waals surface area contributed by atoms with Crippen molar-refractivity contribution in [2.24, 2.45) is 4.99 Å². The van der Waals surface area contributed by atoms with Gasteiger partial charge in [-0.25, -0.2) is 4.99 Å². The summed E-state index contributed by atoms with van der Waals surface area (Å²) in [6.45, 7) is 29.9. The van der Waals surface area contributed by atoms with Gasteiger partial charge in [-0.3, -0.25) is 0 Å². The van der Waals surface area contributed by atoms with Crippen molar-refractivity contribution in [1.82, 2.24) is 0 Å². The molecule has 3 aliphatic rings. The first-order chi connectivity index (χ1) is 23.8. The van der Waals surface area contributed by atoms with Crippen LogP contribution < -0.4 is 15.9 Å². The average molecular weight is 698 g/mol. The molecule has 1 atom stereocenters. The largest absolute Gasteiger partial charge is 0.476 e. The lowest BCUT2D eigenvalue weighted by atomic mass is 9.74. The number of benzene rings is 4. The minimum atomic E-state index is -0.915. The zero-order valence-electron chi connectivity index (χ0n) is 33.5. The maximum absolute atomic E-state index is 6.21. The fourth-order valence-corrected chi connectivity index (χ4v) is 11.4. The summed E-state index contributed by atoms with van der Waals surface area (Å²) < 4.78 is 6.21. The Hall–Kier alpha value is -3.22. The molecule has 1 unspecified atom stereocenters. The van der Waals surface area contributed by atoms with E-state index < -0.39 is 7.92 Å². The normalized spacial score (nSPS) is 19.0. The van der Waals surface area contributed by atoms with E-state index in [4.69, 9.17) is 9.73 Å². The molecule has 0 amide bonds. The molecule has 2 nitrogen and oxygen atoms in total. The molecule has 3 heteroatoms. The first kappa shape index (κ1) is 36.2. The number of nitrogens with zero attached hydrogens (tertiary/aromatic N) is 1. The summed E-state index contributed by atoms with van der Waals surface area (Å²) >= 11 is 0. The summed E-state index contributed by atoms with van der Waals surface area (Å²) in [5, 5.41) is 4.48. The summed E-state index contributed by atoms with van der Waals surface area (Å²) in [5.41, 5.74) is 13.1. The van der Waals surface area contributed by atoms with Crippen LogP contribution in [0.4, 0.5) is 0 Å². The first-order valence-corrected chi connectivity index (χ1v) is 20.7. The second-order valence-corrected chi connectivity index (χ2v) is 21.8. The SMILES string of the molecule is CC(C)(C)c1cc(P(c2cc(C(C)(C)C)cc(C(C)(C)C)c2)c2cccc3c2C2(CCc4cccc(C5=NCCO5)c42)CC3)cc(C(C)(C)C)c1. The average Bonchev–Trinajstić information content (AvgIpc) is 3.80. The molecule has 0 saturated carbocycles. The van der Waals surface area contributed by atoms with Gasteiger partial charge < -0.3 is 4.74 Å². The molecule has 2 aliphatic carbocycles. The first-order valence-electron chi connectivity index (χ1n) is 19.3. The molecule has 4 aromatic rings. The van der Waals surface area contributed by atoms with Gasteiger partial charge in [0.15, 0.2) is 0 Å². The molecular weight excluding hydrogens is 638 g/mol. The van der Waals surface area contributed by atoms with Gasteiger partial charge in [-0.15, -0.1) is 0 Å². The zero-order chi connectivity index (χ0) is 36.7. The Kier molecular flexibility index (Phi) is 8.82. The summed E-state index contributed by atoms with van der Waals surface area (Å²) in [6.07, 6.45) is 4.50. The second kappa shape index (κ2) is 12.4. The third kappa shape index (κ3) is 6.54. The lowest BCUT2D eigenvalue weighted by molar-refractivity contribution is 0.347. The van der Waals surface area contributed by atoms with Crippen LogP contribution in [-0.2, 0) is 44.7 Å². The van der Waals surface area contributed by atoms with E-state index in [-0.39, 0.29) is 27.1 Å². The molecule has 0 saturated heterocycles. The maximum Gasteiger partial charge on any atom is 0.216 e. The highest BCUT2D eigenvalue weighted by Gasteiger charge is 2.49. The zero-order valence-corrected chi connectivity index (χ0v) is 34.4. The van der Waals surface area contributed by atoms with Gasteiger partial charge in [-0.1, -0.05) is 150 Å². The summed E-state index contributed by atoms with van der Waals surface area (Å²) in [5.74, 6) is 0.849. The third-order valence-corrected chi connectivity index (χ3v) is 14.2. The van der Waals surface area contributed by atoms with Crippen molar-refractivity contribution in [1.29, 1.82) is 0 Å². The number of ether oxygens (including phenoxy) is 1. The second-order valence-electron chi connectivity index (χ2n) is 19.6. The van der Waals surface area contributed by atoms with E-state index >= 15 is 0 Å². The van der Waals surface area contributed by atoms with Crippen LogP contribution in [0.15, 0.2) is 77.8 Å². The van der Waals surface area contributed by atoms with E-state index in [9.17, 15) is 0 Å². The number of aryl methyl sites for hydroxylation is 2. The quantitative estimate of drug-likeness (QED) is 0.195. The predicted octanol–water partition coefficient (Wildman–Crippen LogP) is 10.6. The van der Waals surface area contributed by atoms with Crippen LogP contribution in [-0.4, -0.2) is 19.0 Å². The minimum absolute atomic E-state index is 0.0298. The van der Waals surface area contributed by atoms with Crippen LogP contribution >= 0.6 is 7.92 Å². The van der Waals surface area contributed by atoms with Crippen LogP contribution in [0.2, 0.25) is 0 Å². The molecule has 268 valence electrons. The molecule has 51 heavy (non-hydrogen) atoms. The van der Waals surface area contributed by atoms with Gasteiger partial charge in [0.05, 0.1) is 6.54 Å². The Morgan fingerprint density at radius 1 is 0.569 bits per heavy atom. The summed E-state index contributed by atoms with van der Waals surface area (Å²) in [7, 11) is -0.915. The molecule has 0 bridgehead atoms. The fourth-order valence-electron chi connectivity index (χ4n) is 8.67. The lowest BCUT2D eigenvalue weighted by Crippen LogP contribution is -2.34. The van der Waals surface area contributed by atoms with E-state index in [1.165, 1.54) is 60.4 Å². The van der Waals surface area contributed by atoms with Crippen molar-refractivity contribution >= 4 is 29.7 Å². The van der Waals surface area contributed by atoms with E-state index in [2.05, 4.69) is 156 Å². The predicted molar refractivity (Wildman–Crippen MR) is 221 cm³/mol. The topological polar surface area (TPSA) is 21.6 Å². The van der Waals surface area contributed by atoms with E-state index in [0.29, 0.717) is 6.61 Å². The smallest absolute Gasteiger partial charge is 0.216 e. The molecule has 1 spiro atoms. The van der Waals surface area contributed by atoms with Crippen molar-refractivity contribution in [2.75, 3.05) is 13.2 Å². The molecule has 0 radical (unpaired) electrons. The molecule has 0 fully saturated rings. The summed E-state index contributed by atoms with van der Waals surface area (Å²) in [6, 6.07) is 29.5. The van der Waals surface area contributed by atoms with Crippen LogP contribution in [0.3, 0.4) is 0 Å². The Bertz CT molecular complexity index is 1880. The molecule has 0 N–H and O–H groups in total. The maximum atomic E-state index is 6.21. The van der Waals surface area contributed by atoms with E-state index in [1.807, 2.05) is 0 Å². The Labute approximate surface area is 310 Å². The minimum Gasteiger partial charge on any atom is -0.476 e. The number of hydrogen-bond donors (Lipinski definition) is 0. The molecule has 1 aliphatic heterocycles. The van der Waals surface area contributed by atoms with Gasteiger partial charge in [0.2, 0.25) is 5.90 Å². The van der Waals surface area contributed by atoms with Gasteiger partial charge in [0.25, 0.3) is 0 Å². The Morgan fingerprint density at radius 2 is 1.02 bits per heavy atom. The van der Waals surface area contributed by atoms with Crippen molar-refractivity contribution < 1.29 is 4.74 Å². The van der Waals surface area contributed by atoms with Crippen LogP contribution in [0.1, 0.15) is 146 Å². The molecule has 1 heterocycles. The van der Waals surface area contributed by atoms with Gasteiger partial charge >= 0.3 is 0 Å². The third-order valence-electron chi connectivity index (χ3n) is 11.8. The summed E-state index contributed by atoms with van der Waals surface area (Å²) in [4.78, 5) is 4.88. The lowest BCUT2D eigenvalue weighted by Gasteiger charge is -2.35. The highest BCUT2D eigenvalue weighted by Crippen LogP contribution is 2.55.